The predicted octanol–water partition coefficient (Wildman–Crippen LogP) is 3.53. The normalized spacial score (nSPS) is 11.4. The molecule has 0 atom stereocenters. The third-order valence-electron chi connectivity index (χ3n) is 2.26. The zero-order valence-electron chi connectivity index (χ0n) is 9.61. The molecule has 0 unspecified atom stereocenters. The van der Waals surface area contributed by atoms with Crippen LogP contribution in [0.4, 0.5) is 13.2 Å². The van der Waals surface area contributed by atoms with Crippen LogP contribution in [0.25, 0.3) is 0 Å². The fraction of sp³-hybridized carbons (Fsp3) is 0. The van der Waals surface area contributed by atoms with Crippen LogP contribution in [0.1, 0.15) is 0 Å². The molecule has 2 rings (SSSR count). The fourth-order valence-electron chi connectivity index (χ4n) is 1.38. The first-order valence-electron chi connectivity index (χ1n) is 5.14. The van der Waals surface area contributed by atoms with E-state index in [0.717, 1.165) is 24.3 Å². The Balaban J connectivity index is 2.38. The molecule has 0 amide bonds. The van der Waals surface area contributed by atoms with E-state index in [1.807, 2.05) is 0 Å². The molecule has 0 saturated carbocycles. The molecule has 2 aromatic carbocycles. The van der Waals surface area contributed by atoms with Crippen molar-refractivity contribution in [3.63, 3.8) is 0 Å². The molecule has 0 bridgehead atoms. The fourth-order valence-corrected chi connectivity index (χ4v) is 2.81. The Labute approximate surface area is 117 Å². The number of halogens is 4. The predicted molar refractivity (Wildman–Crippen MR) is 65.6 cm³/mol. The molecule has 0 aliphatic heterocycles. The monoisotopic (exact) mass is 322 g/mol. The van der Waals surface area contributed by atoms with Gasteiger partial charge in [-0.25, -0.2) is 13.2 Å². The van der Waals surface area contributed by atoms with Crippen LogP contribution in [0.15, 0.2) is 41.3 Å². The van der Waals surface area contributed by atoms with Crippen LogP contribution in [-0.4, -0.2) is 8.42 Å². The zero-order valence-corrected chi connectivity index (χ0v) is 11.2. The largest absolute Gasteiger partial charge is 0.379 e. The first-order chi connectivity index (χ1) is 9.29. The summed E-state index contributed by atoms with van der Waals surface area (Å²) in [6.45, 7) is 0. The lowest BCUT2D eigenvalue weighted by atomic mass is 10.3. The summed E-state index contributed by atoms with van der Waals surface area (Å²) in [7, 11) is -4.38. The van der Waals surface area contributed by atoms with E-state index < -0.39 is 38.2 Å². The van der Waals surface area contributed by atoms with Crippen LogP contribution in [0, 0.1) is 17.5 Å². The lowest BCUT2D eigenvalue weighted by Gasteiger charge is -2.08. The Morgan fingerprint density at radius 1 is 0.950 bits per heavy atom. The highest BCUT2D eigenvalue weighted by Gasteiger charge is 2.21. The minimum Gasteiger partial charge on any atom is -0.379 e. The van der Waals surface area contributed by atoms with E-state index in [1.54, 1.807) is 0 Å². The zero-order chi connectivity index (χ0) is 14.9. The van der Waals surface area contributed by atoms with Crippen LogP contribution in [0.5, 0.6) is 5.75 Å². The number of hydrogen-bond donors (Lipinski definition) is 0. The van der Waals surface area contributed by atoms with Gasteiger partial charge in [0.05, 0.1) is 5.02 Å². The Morgan fingerprint density at radius 2 is 1.65 bits per heavy atom. The standard InChI is InChI=1S/C12H6ClF3O3S/c13-9-5-7(14)1-4-12(9)20(17,18)19-8-2-3-10(15)11(16)6-8/h1-6H. The van der Waals surface area contributed by atoms with Gasteiger partial charge in [0, 0.05) is 6.07 Å². The highest BCUT2D eigenvalue weighted by molar-refractivity contribution is 7.87. The van der Waals surface area contributed by atoms with Crippen molar-refractivity contribution in [3.05, 3.63) is 58.9 Å². The summed E-state index contributed by atoms with van der Waals surface area (Å²) in [4.78, 5) is -0.481. The van der Waals surface area contributed by atoms with E-state index in [4.69, 9.17) is 11.6 Å². The Bertz CT molecular complexity index is 763. The van der Waals surface area contributed by atoms with Gasteiger partial charge in [0.15, 0.2) is 11.6 Å². The van der Waals surface area contributed by atoms with Crippen LogP contribution >= 0.6 is 11.6 Å². The number of rotatable bonds is 3. The van der Waals surface area contributed by atoms with Crippen molar-refractivity contribution in [2.24, 2.45) is 0 Å². The molecule has 0 saturated heterocycles. The van der Waals surface area contributed by atoms with Gasteiger partial charge in [0.2, 0.25) is 0 Å². The topological polar surface area (TPSA) is 43.4 Å². The second-order valence-corrected chi connectivity index (χ2v) is 5.61. The molecule has 0 aliphatic rings. The second-order valence-electron chi connectivity index (χ2n) is 3.69. The Morgan fingerprint density at radius 3 is 2.25 bits per heavy atom. The first-order valence-corrected chi connectivity index (χ1v) is 6.93. The van der Waals surface area contributed by atoms with Crippen molar-refractivity contribution < 1.29 is 25.8 Å². The van der Waals surface area contributed by atoms with Crippen LogP contribution in [0.3, 0.4) is 0 Å². The van der Waals surface area contributed by atoms with Gasteiger partial charge in [0.25, 0.3) is 0 Å². The number of hydrogen-bond acceptors (Lipinski definition) is 3. The van der Waals surface area contributed by atoms with E-state index in [1.165, 1.54) is 0 Å². The Kier molecular flexibility index (Phi) is 3.92. The summed E-state index contributed by atoms with van der Waals surface area (Å²) in [5, 5.41) is -0.382. The average molecular weight is 323 g/mol. The second kappa shape index (κ2) is 5.34. The maximum absolute atomic E-state index is 13.0. The van der Waals surface area contributed by atoms with Gasteiger partial charge in [0.1, 0.15) is 16.5 Å². The minimum absolute atomic E-state index is 0.382. The summed E-state index contributed by atoms with van der Waals surface area (Å²) < 4.78 is 66.9. The molecular weight excluding hydrogens is 317 g/mol. The van der Waals surface area contributed by atoms with E-state index in [-0.39, 0.29) is 5.02 Å². The molecular formula is C12H6ClF3O3S. The highest BCUT2D eigenvalue weighted by atomic mass is 35.5. The maximum Gasteiger partial charge on any atom is 0.340 e. The van der Waals surface area contributed by atoms with Gasteiger partial charge in [-0.1, -0.05) is 11.6 Å². The number of benzene rings is 2. The summed E-state index contributed by atoms with van der Waals surface area (Å²) in [5.74, 6) is -3.55. The van der Waals surface area contributed by atoms with Crippen molar-refractivity contribution in [2.45, 2.75) is 4.90 Å². The van der Waals surface area contributed by atoms with Crippen molar-refractivity contribution in [1.82, 2.24) is 0 Å². The first kappa shape index (κ1) is 14.7. The molecule has 2 aromatic rings. The SMILES string of the molecule is O=S(=O)(Oc1ccc(F)c(F)c1)c1ccc(F)cc1Cl. The molecule has 0 aromatic heterocycles. The van der Waals surface area contributed by atoms with Gasteiger partial charge in [-0.05, 0) is 30.3 Å². The molecule has 106 valence electrons. The van der Waals surface area contributed by atoms with Crippen molar-refractivity contribution in [2.75, 3.05) is 0 Å². The smallest absolute Gasteiger partial charge is 0.340 e. The minimum atomic E-state index is -4.38. The highest BCUT2D eigenvalue weighted by Crippen LogP contribution is 2.26. The van der Waals surface area contributed by atoms with Crippen molar-refractivity contribution in [1.29, 1.82) is 0 Å². The lowest BCUT2D eigenvalue weighted by Crippen LogP contribution is -2.10. The van der Waals surface area contributed by atoms with Gasteiger partial charge in [-0.15, -0.1) is 0 Å². The van der Waals surface area contributed by atoms with Crippen molar-refractivity contribution >= 4 is 21.7 Å². The lowest BCUT2D eigenvalue weighted by molar-refractivity contribution is 0.472. The van der Waals surface area contributed by atoms with Crippen LogP contribution in [-0.2, 0) is 10.1 Å². The van der Waals surface area contributed by atoms with Gasteiger partial charge >= 0.3 is 10.1 Å². The van der Waals surface area contributed by atoms with E-state index in [2.05, 4.69) is 4.18 Å². The molecule has 0 aliphatic carbocycles. The molecule has 20 heavy (non-hydrogen) atoms. The third-order valence-corrected chi connectivity index (χ3v) is 3.99. The van der Waals surface area contributed by atoms with E-state index >= 15 is 0 Å². The summed E-state index contributed by atoms with van der Waals surface area (Å²) in [6.07, 6.45) is 0. The molecule has 0 fully saturated rings. The van der Waals surface area contributed by atoms with Crippen LogP contribution < -0.4 is 4.18 Å². The summed E-state index contributed by atoms with van der Waals surface area (Å²) in [5.41, 5.74) is 0. The van der Waals surface area contributed by atoms with Gasteiger partial charge in [-0.2, -0.15) is 8.42 Å². The average Bonchev–Trinajstić information content (AvgIpc) is 2.33. The molecule has 0 spiro atoms. The molecule has 3 nitrogen and oxygen atoms in total. The third kappa shape index (κ3) is 3.05. The van der Waals surface area contributed by atoms with Gasteiger partial charge < -0.3 is 4.18 Å². The molecule has 0 N–H and O–H groups in total. The molecule has 0 heterocycles. The van der Waals surface area contributed by atoms with E-state index in [0.29, 0.717) is 12.1 Å². The quantitative estimate of drug-likeness (QED) is 0.812. The summed E-state index contributed by atoms with van der Waals surface area (Å²) in [6, 6.07) is 4.81. The Hall–Kier alpha value is -1.73. The molecule has 8 heteroatoms. The summed E-state index contributed by atoms with van der Waals surface area (Å²) >= 11 is 5.60. The van der Waals surface area contributed by atoms with Gasteiger partial charge in [-0.3, -0.25) is 0 Å². The molecule has 0 radical (unpaired) electrons. The maximum atomic E-state index is 13.0. The van der Waals surface area contributed by atoms with Crippen LogP contribution in [0.2, 0.25) is 5.02 Å². The van der Waals surface area contributed by atoms with Crippen molar-refractivity contribution in [3.8, 4) is 5.75 Å². The van der Waals surface area contributed by atoms with E-state index in [9.17, 15) is 21.6 Å².